The monoisotopic (exact) mass is 311 g/mol. The van der Waals surface area contributed by atoms with Crippen molar-refractivity contribution in [3.05, 3.63) is 55.7 Å². The number of halogens is 2. The molecule has 2 aromatic rings. The number of nitrogens with zero attached hydrogens (tertiary/aromatic N) is 1. The number of rotatable bonds is 1. The van der Waals surface area contributed by atoms with E-state index in [1.807, 2.05) is 23.1 Å². The molecule has 98 valence electrons. The van der Waals surface area contributed by atoms with Gasteiger partial charge < -0.3 is 4.90 Å². The van der Waals surface area contributed by atoms with Crippen LogP contribution in [0.4, 0.5) is 0 Å². The molecule has 0 spiro atoms. The van der Waals surface area contributed by atoms with E-state index in [0.717, 1.165) is 16.3 Å². The minimum absolute atomic E-state index is 0.0152. The Bertz CT molecular complexity index is 638. The molecule has 1 aliphatic heterocycles. The van der Waals surface area contributed by atoms with E-state index in [0.29, 0.717) is 23.7 Å². The third-order valence-corrected chi connectivity index (χ3v) is 4.92. The van der Waals surface area contributed by atoms with Crippen molar-refractivity contribution < 1.29 is 4.79 Å². The standard InChI is InChI=1S/C14H11Cl2NOS/c15-11-4-2-1-3-10(11)14(18)17-6-5-12-9(8-17)7-13(16)19-12/h1-4,7H,5-6,8H2. The smallest absolute Gasteiger partial charge is 0.255 e. The van der Waals surface area contributed by atoms with E-state index in [4.69, 9.17) is 23.2 Å². The zero-order valence-electron chi connectivity index (χ0n) is 10.0. The highest BCUT2D eigenvalue weighted by atomic mass is 35.5. The number of fused-ring (bicyclic) bond motifs is 1. The fourth-order valence-corrected chi connectivity index (χ4v) is 3.79. The van der Waals surface area contributed by atoms with Gasteiger partial charge in [0.1, 0.15) is 0 Å². The second kappa shape index (κ2) is 5.16. The van der Waals surface area contributed by atoms with E-state index in [1.165, 1.54) is 4.88 Å². The highest BCUT2D eigenvalue weighted by Gasteiger charge is 2.24. The van der Waals surface area contributed by atoms with Gasteiger partial charge in [0, 0.05) is 18.0 Å². The maximum Gasteiger partial charge on any atom is 0.255 e. The molecule has 0 aliphatic carbocycles. The molecule has 2 heterocycles. The molecule has 1 aromatic heterocycles. The van der Waals surface area contributed by atoms with Crippen molar-refractivity contribution in [1.82, 2.24) is 4.90 Å². The molecule has 1 amide bonds. The molecule has 0 saturated heterocycles. The Labute approximate surface area is 125 Å². The van der Waals surface area contributed by atoms with Crippen LogP contribution in [0.1, 0.15) is 20.8 Å². The Kier molecular flexibility index (Phi) is 3.52. The Morgan fingerprint density at radius 1 is 1.26 bits per heavy atom. The van der Waals surface area contributed by atoms with E-state index in [1.54, 1.807) is 23.5 Å². The maximum absolute atomic E-state index is 12.4. The summed E-state index contributed by atoms with van der Waals surface area (Å²) >= 11 is 13.7. The molecule has 2 nitrogen and oxygen atoms in total. The van der Waals surface area contributed by atoms with Gasteiger partial charge in [0.2, 0.25) is 0 Å². The Morgan fingerprint density at radius 2 is 2.05 bits per heavy atom. The maximum atomic E-state index is 12.4. The van der Waals surface area contributed by atoms with Crippen molar-refractivity contribution in [2.75, 3.05) is 6.54 Å². The number of thiophene rings is 1. The van der Waals surface area contributed by atoms with Crippen LogP contribution in [0.2, 0.25) is 9.36 Å². The van der Waals surface area contributed by atoms with Gasteiger partial charge in [-0.05, 0) is 30.2 Å². The summed E-state index contributed by atoms with van der Waals surface area (Å²) in [6, 6.07) is 9.11. The quantitative estimate of drug-likeness (QED) is 0.771. The van der Waals surface area contributed by atoms with Crippen LogP contribution in [0.3, 0.4) is 0 Å². The van der Waals surface area contributed by atoms with E-state index < -0.39 is 0 Å². The molecule has 0 unspecified atom stereocenters. The van der Waals surface area contributed by atoms with Gasteiger partial charge in [-0.1, -0.05) is 35.3 Å². The van der Waals surface area contributed by atoms with Crippen LogP contribution in [0.15, 0.2) is 30.3 Å². The molecule has 0 fully saturated rings. The minimum Gasteiger partial charge on any atom is -0.334 e. The first-order chi connectivity index (χ1) is 9.15. The summed E-state index contributed by atoms with van der Waals surface area (Å²) in [7, 11) is 0. The number of benzene rings is 1. The number of amides is 1. The number of carbonyl (C=O) groups is 1. The highest BCUT2D eigenvalue weighted by molar-refractivity contribution is 7.16. The summed E-state index contributed by atoms with van der Waals surface area (Å²) in [4.78, 5) is 15.6. The molecule has 3 rings (SSSR count). The lowest BCUT2D eigenvalue weighted by atomic mass is 10.1. The molecule has 0 saturated carbocycles. The van der Waals surface area contributed by atoms with Crippen molar-refractivity contribution in [3.63, 3.8) is 0 Å². The average molecular weight is 312 g/mol. The third kappa shape index (κ3) is 2.50. The average Bonchev–Trinajstić information content (AvgIpc) is 2.77. The Balaban J connectivity index is 1.85. The van der Waals surface area contributed by atoms with Crippen molar-refractivity contribution >= 4 is 40.4 Å². The van der Waals surface area contributed by atoms with Crippen LogP contribution < -0.4 is 0 Å². The van der Waals surface area contributed by atoms with Crippen LogP contribution >= 0.6 is 34.5 Å². The van der Waals surface area contributed by atoms with E-state index >= 15 is 0 Å². The predicted octanol–water partition coefficient (Wildman–Crippen LogP) is 4.25. The first-order valence-corrected chi connectivity index (χ1v) is 7.53. The molecule has 1 aliphatic rings. The number of hydrogen-bond acceptors (Lipinski definition) is 2. The topological polar surface area (TPSA) is 20.3 Å². The van der Waals surface area contributed by atoms with Crippen molar-refractivity contribution in [3.8, 4) is 0 Å². The highest BCUT2D eigenvalue weighted by Crippen LogP contribution is 2.32. The van der Waals surface area contributed by atoms with Crippen molar-refractivity contribution in [1.29, 1.82) is 0 Å². The van der Waals surface area contributed by atoms with E-state index in [2.05, 4.69) is 0 Å². The molecular formula is C14H11Cl2NOS. The van der Waals surface area contributed by atoms with Crippen LogP contribution in [0, 0.1) is 0 Å². The van der Waals surface area contributed by atoms with Gasteiger partial charge in [0.05, 0.1) is 14.9 Å². The third-order valence-electron chi connectivity index (χ3n) is 3.23. The van der Waals surface area contributed by atoms with Crippen LogP contribution in [-0.4, -0.2) is 17.4 Å². The molecule has 0 N–H and O–H groups in total. The largest absolute Gasteiger partial charge is 0.334 e. The Morgan fingerprint density at radius 3 is 2.84 bits per heavy atom. The van der Waals surface area contributed by atoms with Gasteiger partial charge >= 0.3 is 0 Å². The molecular weight excluding hydrogens is 301 g/mol. The lowest BCUT2D eigenvalue weighted by Crippen LogP contribution is -2.35. The van der Waals surface area contributed by atoms with Gasteiger partial charge in [-0.25, -0.2) is 0 Å². The molecule has 0 atom stereocenters. The lowest BCUT2D eigenvalue weighted by Gasteiger charge is -2.27. The van der Waals surface area contributed by atoms with Gasteiger partial charge in [0.25, 0.3) is 5.91 Å². The molecule has 1 aromatic carbocycles. The van der Waals surface area contributed by atoms with Gasteiger partial charge in [-0.15, -0.1) is 11.3 Å². The zero-order valence-corrected chi connectivity index (χ0v) is 12.4. The van der Waals surface area contributed by atoms with E-state index in [9.17, 15) is 4.79 Å². The van der Waals surface area contributed by atoms with Gasteiger partial charge in [0.15, 0.2) is 0 Å². The molecule has 0 bridgehead atoms. The van der Waals surface area contributed by atoms with Crippen molar-refractivity contribution in [2.24, 2.45) is 0 Å². The molecule has 19 heavy (non-hydrogen) atoms. The van der Waals surface area contributed by atoms with Gasteiger partial charge in [-0.2, -0.15) is 0 Å². The minimum atomic E-state index is -0.0152. The second-order valence-corrected chi connectivity index (χ2v) is 6.63. The number of carbonyl (C=O) groups excluding carboxylic acids is 1. The summed E-state index contributed by atoms with van der Waals surface area (Å²) in [6.45, 7) is 1.33. The van der Waals surface area contributed by atoms with Crippen LogP contribution in [0.5, 0.6) is 0 Å². The molecule has 0 radical (unpaired) electrons. The predicted molar refractivity (Wildman–Crippen MR) is 79.2 cm³/mol. The van der Waals surface area contributed by atoms with E-state index in [-0.39, 0.29) is 5.91 Å². The summed E-state index contributed by atoms with van der Waals surface area (Å²) in [5.74, 6) is -0.0152. The summed E-state index contributed by atoms with van der Waals surface area (Å²) < 4.78 is 0.789. The fourth-order valence-electron chi connectivity index (χ4n) is 2.28. The van der Waals surface area contributed by atoms with Crippen LogP contribution in [-0.2, 0) is 13.0 Å². The first-order valence-electron chi connectivity index (χ1n) is 5.96. The molecule has 5 heteroatoms. The summed E-state index contributed by atoms with van der Waals surface area (Å²) in [6.07, 6.45) is 0.864. The van der Waals surface area contributed by atoms with Crippen LogP contribution in [0.25, 0.3) is 0 Å². The second-order valence-electron chi connectivity index (χ2n) is 4.46. The normalized spacial score (nSPS) is 14.3. The van der Waals surface area contributed by atoms with Gasteiger partial charge in [-0.3, -0.25) is 4.79 Å². The summed E-state index contributed by atoms with van der Waals surface area (Å²) in [5, 5.41) is 0.502. The zero-order chi connectivity index (χ0) is 13.4. The Hall–Kier alpha value is -1.03. The van der Waals surface area contributed by atoms with Crippen molar-refractivity contribution in [2.45, 2.75) is 13.0 Å². The fraction of sp³-hybridized carbons (Fsp3) is 0.214. The lowest BCUT2D eigenvalue weighted by molar-refractivity contribution is 0.0736. The number of hydrogen-bond donors (Lipinski definition) is 0. The first kappa shape index (κ1) is 13.0. The summed E-state index contributed by atoms with van der Waals surface area (Å²) in [5.41, 5.74) is 1.72. The SMILES string of the molecule is O=C(c1ccccc1Cl)N1CCc2sc(Cl)cc2C1.